The molecular formula is C19H17NO5. The number of ether oxygens (including phenoxy) is 3. The van der Waals surface area contributed by atoms with Crippen LogP contribution in [0.5, 0.6) is 17.2 Å². The van der Waals surface area contributed by atoms with Gasteiger partial charge in [-0.05, 0) is 35.4 Å². The molecule has 0 unspecified atom stereocenters. The summed E-state index contributed by atoms with van der Waals surface area (Å²) in [7, 11) is 4.57. The van der Waals surface area contributed by atoms with Gasteiger partial charge in [0.2, 0.25) is 5.75 Å². The lowest BCUT2D eigenvalue weighted by molar-refractivity contribution is -0.114. The number of hydrogen-bond acceptors (Lipinski definition) is 5. The highest BCUT2D eigenvalue weighted by atomic mass is 16.5. The third-order valence-corrected chi connectivity index (χ3v) is 3.93. The maximum Gasteiger partial charge on any atom is 0.258 e. The molecule has 6 nitrogen and oxygen atoms in total. The molecule has 3 rings (SSSR count). The summed E-state index contributed by atoms with van der Waals surface area (Å²) in [4.78, 5) is 24.3. The van der Waals surface area contributed by atoms with E-state index in [9.17, 15) is 9.59 Å². The minimum absolute atomic E-state index is 0.393. The molecule has 0 bridgehead atoms. The number of nitrogens with one attached hydrogen (secondary N) is 1. The van der Waals surface area contributed by atoms with Gasteiger partial charge in [-0.25, -0.2) is 0 Å². The van der Waals surface area contributed by atoms with Crippen molar-refractivity contribution in [2.45, 2.75) is 0 Å². The SMILES string of the molecule is COc1cc(C=C2C(=O)NC(=O)c3ccccc32)cc(OC)c1OC. The number of rotatable bonds is 4. The van der Waals surface area contributed by atoms with Crippen molar-refractivity contribution in [1.29, 1.82) is 0 Å². The Bertz CT molecular complexity index is 860. The first kappa shape index (κ1) is 16.6. The van der Waals surface area contributed by atoms with Crippen molar-refractivity contribution >= 4 is 23.5 Å². The molecule has 2 aromatic rings. The van der Waals surface area contributed by atoms with Gasteiger partial charge < -0.3 is 14.2 Å². The van der Waals surface area contributed by atoms with Gasteiger partial charge in [0.1, 0.15) is 0 Å². The van der Waals surface area contributed by atoms with E-state index in [1.54, 1.807) is 42.5 Å². The van der Waals surface area contributed by atoms with Crippen LogP contribution in [-0.2, 0) is 4.79 Å². The van der Waals surface area contributed by atoms with Gasteiger partial charge >= 0.3 is 0 Å². The molecule has 2 aromatic carbocycles. The van der Waals surface area contributed by atoms with E-state index < -0.39 is 11.8 Å². The topological polar surface area (TPSA) is 73.9 Å². The summed E-state index contributed by atoms with van der Waals surface area (Å²) in [5.74, 6) is 0.583. The number of benzene rings is 2. The highest BCUT2D eigenvalue weighted by Gasteiger charge is 2.26. The largest absolute Gasteiger partial charge is 0.493 e. The number of carbonyl (C=O) groups excluding carboxylic acids is 2. The Kier molecular flexibility index (Phi) is 4.43. The van der Waals surface area contributed by atoms with Crippen LogP contribution in [0, 0.1) is 0 Å². The molecule has 0 saturated heterocycles. The van der Waals surface area contributed by atoms with Crippen molar-refractivity contribution in [2.24, 2.45) is 0 Å². The van der Waals surface area contributed by atoms with Crippen molar-refractivity contribution in [3.63, 3.8) is 0 Å². The van der Waals surface area contributed by atoms with Crippen LogP contribution in [0.1, 0.15) is 21.5 Å². The molecule has 25 heavy (non-hydrogen) atoms. The smallest absolute Gasteiger partial charge is 0.258 e. The van der Waals surface area contributed by atoms with Gasteiger partial charge in [0, 0.05) is 11.1 Å². The van der Waals surface area contributed by atoms with Crippen LogP contribution in [0.25, 0.3) is 11.6 Å². The number of methoxy groups -OCH3 is 3. The first-order valence-corrected chi connectivity index (χ1v) is 7.55. The summed E-state index contributed by atoms with van der Waals surface area (Å²) in [5, 5.41) is 2.35. The summed E-state index contributed by atoms with van der Waals surface area (Å²) >= 11 is 0. The first-order chi connectivity index (χ1) is 12.1. The fraction of sp³-hybridized carbons (Fsp3) is 0.158. The highest BCUT2D eigenvalue weighted by molar-refractivity contribution is 6.33. The number of carbonyl (C=O) groups is 2. The van der Waals surface area contributed by atoms with E-state index in [4.69, 9.17) is 14.2 Å². The van der Waals surface area contributed by atoms with Gasteiger partial charge in [-0.3, -0.25) is 14.9 Å². The van der Waals surface area contributed by atoms with E-state index in [0.29, 0.717) is 39.5 Å². The molecule has 2 amide bonds. The van der Waals surface area contributed by atoms with Crippen molar-refractivity contribution in [3.8, 4) is 17.2 Å². The number of hydrogen-bond donors (Lipinski definition) is 1. The van der Waals surface area contributed by atoms with Gasteiger partial charge in [0.05, 0.1) is 21.3 Å². The van der Waals surface area contributed by atoms with Crippen molar-refractivity contribution in [3.05, 3.63) is 53.1 Å². The third kappa shape index (κ3) is 2.94. The van der Waals surface area contributed by atoms with E-state index in [1.807, 2.05) is 0 Å². The Labute approximate surface area is 145 Å². The number of amides is 2. The second kappa shape index (κ2) is 6.68. The zero-order valence-corrected chi connectivity index (χ0v) is 14.1. The molecular weight excluding hydrogens is 322 g/mol. The molecule has 0 aromatic heterocycles. The summed E-state index contributed by atoms with van der Waals surface area (Å²) in [6, 6.07) is 10.4. The third-order valence-electron chi connectivity index (χ3n) is 3.93. The van der Waals surface area contributed by atoms with Crippen LogP contribution < -0.4 is 19.5 Å². The quantitative estimate of drug-likeness (QED) is 0.684. The Hall–Kier alpha value is -3.28. The van der Waals surface area contributed by atoms with Gasteiger partial charge in [-0.2, -0.15) is 0 Å². The Morgan fingerprint density at radius 2 is 1.44 bits per heavy atom. The molecule has 0 saturated carbocycles. The fourth-order valence-corrected chi connectivity index (χ4v) is 2.77. The van der Waals surface area contributed by atoms with Crippen LogP contribution in [-0.4, -0.2) is 33.1 Å². The van der Waals surface area contributed by atoms with Crippen LogP contribution in [0.4, 0.5) is 0 Å². The standard InChI is InChI=1S/C19H17NO5/c1-23-15-9-11(10-16(24-2)17(15)25-3)8-14-12-6-4-5-7-13(12)18(21)20-19(14)22/h4-10H,1-3H3,(H,20,21,22). The van der Waals surface area contributed by atoms with Crippen molar-refractivity contribution < 1.29 is 23.8 Å². The molecule has 6 heteroatoms. The first-order valence-electron chi connectivity index (χ1n) is 7.55. The maximum absolute atomic E-state index is 12.3. The lowest BCUT2D eigenvalue weighted by Crippen LogP contribution is -2.36. The Morgan fingerprint density at radius 3 is 2.00 bits per heavy atom. The average Bonchev–Trinajstić information content (AvgIpc) is 2.64. The van der Waals surface area contributed by atoms with Crippen LogP contribution >= 0.6 is 0 Å². The van der Waals surface area contributed by atoms with Crippen LogP contribution in [0.3, 0.4) is 0 Å². The molecule has 1 aliphatic rings. The van der Waals surface area contributed by atoms with Gasteiger partial charge in [-0.15, -0.1) is 0 Å². The summed E-state index contributed by atoms with van der Waals surface area (Å²) in [6.07, 6.45) is 1.69. The fourth-order valence-electron chi connectivity index (χ4n) is 2.77. The lowest BCUT2D eigenvalue weighted by Gasteiger charge is -2.18. The maximum atomic E-state index is 12.3. The molecule has 0 radical (unpaired) electrons. The summed E-state index contributed by atoms with van der Waals surface area (Å²) in [6.45, 7) is 0. The summed E-state index contributed by atoms with van der Waals surface area (Å²) < 4.78 is 16.0. The van der Waals surface area contributed by atoms with Gasteiger partial charge in [0.25, 0.3) is 11.8 Å². The van der Waals surface area contributed by atoms with Crippen LogP contribution in [0.2, 0.25) is 0 Å². The van der Waals surface area contributed by atoms with Crippen molar-refractivity contribution in [1.82, 2.24) is 5.32 Å². The molecule has 1 heterocycles. The van der Waals surface area contributed by atoms with E-state index in [2.05, 4.69) is 5.32 Å². The predicted octanol–water partition coefficient (Wildman–Crippen LogP) is 2.52. The number of fused-ring (bicyclic) bond motifs is 1. The lowest BCUT2D eigenvalue weighted by atomic mass is 9.93. The zero-order valence-electron chi connectivity index (χ0n) is 14.1. The molecule has 1 aliphatic heterocycles. The van der Waals surface area contributed by atoms with Gasteiger partial charge in [0.15, 0.2) is 11.5 Å². The van der Waals surface area contributed by atoms with E-state index in [-0.39, 0.29) is 0 Å². The van der Waals surface area contributed by atoms with Gasteiger partial charge in [-0.1, -0.05) is 18.2 Å². The molecule has 0 spiro atoms. The predicted molar refractivity (Wildman–Crippen MR) is 92.9 cm³/mol. The zero-order chi connectivity index (χ0) is 18.0. The summed E-state index contributed by atoms with van der Waals surface area (Å²) in [5.41, 5.74) is 2.12. The molecule has 0 aliphatic carbocycles. The number of imide groups is 1. The average molecular weight is 339 g/mol. The normalized spacial score (nSPS) is 14.8. The van der Waals surface area contributed by atoms with E-state index in [1.165, 1.54) is 21.3 Å². The second-order valence-corrected chi connectivity index (χ2v) is 5.35. The Morgan fingerprint density at radius 1 is 0.840 bits per heavy atom. The Balaban J connectivity index is 2.16. The second-order valence-electron chi connectivity index (χ2n) is 5.35. The molecule has 0 fully saturated rings. The molecule has 128 valence electrons. The monoisotopic (exact) mass is 339 g/mol. The molecule has 1 N–H and O–H groups in total. The highest BCUT2D eigenvalue weighted by Crippen LogP contribution is 2.39. The minimum Gasteiger partial charge on any atom is -0.493 e. The van der Waals surface area contributed by atoms with E-state index in [0.717, 1.165) is 0 Å². The minimum atomic E-state index is -0.447. The van der Waals surface area contributed by atoms with Crippen LogP contribution in [0.15, 0.2) is 36.4 Å². The van der Waals surface area contributed by atoms with Crippen molar-refractivity contribution in [2.75, 3.05) is 21.3 Å². The van der Waals surface area contributed by atoms with E-state index >= 15 is 0 Å². The molecule has 0 atom stereocenters.